The van der Waals surface area contributed by atoms with Gasteiger partial charge in [-0.1, -0.05) is 74.3 Å². The van der Waals surface area contributed by atoms with E-state index >= 15 is 0 Å². The molecule has 2 aromatic rings. The molecule has 1 aliphatic rings. The highest BCUT2D eigenvalue weighted by molar-refractivity contribution is 7.99. The van der Waals surface area contributed by atoms with Gasteiger partial charge in [-0.2, -0.15) is 8.78 Å². The fraction of sp³-hybridized carbons (Fsp3) is 0.478. The van der Waals surface area contributed by atoms with E-state index in [1.54, 1.807) is 12.1 Å². The largest absolute Gasteiger partial charge is 0.288 e. The van der Waals surface area contributed by atoms with Gasteiger partial charge in [-0.3, -0.25) is 0 Å². The zero-order valence-corrected chi connectivity index (χ0v) is 16.3. The predicted octanol–water partition coefficient (Wildman–Crippen LogP) is 8.13. The van der Waals surface area contributed by atoms with Crippen LogP contribution in [0.25, 0.3) is 11.1 Å². The summed E-state index contributed by atoms with van der Waals surface area (Å²) < 4.78 is 24.8. The lowest BCUT2D eigenvalue weighted by Crippen LogP contribution is -2.13. The first-order valence-electron chi connectivity index (χ1n) is 9.81. The van der Waals surface area contributed by atoms with E-state index in [1.807, 2.05) is 12.1 Å². The van der Waals surface area contributed by atoms with Crippen molar-refractivity contribution in [2.45, 2.75) is 68.4 Å². The molecule has 0 heterocycles. The molecule has 0 nitrogen and oxygen atoms in total. The molecule has 0 aromatic heterocycles. The van der Waals surface area contributed by atoms with Crippen molar-refractivity contribution in [1.29, 1.82) is 0 Å². The van der Waals surface area contributed by atoms with Crippen LogP contribution in [0.15, 0.2) is 53.4 Å². The van der Waals surface area contributed by atoms with Gasteiger partial charge in [0.1, 0.15) is 0 Å². The van der Waals surface area contributed by atoms with Crippen LogP contribution in [0.4, 0.5) is 8.78 Å². The minimum Gasteiger partial charge on any atom is -0.198 e. The van der Waals surface area contributed by atoms with Gasteiger partial charge in [0.25, 0.3) is 5.76 Å². The third kappa shape index (κ3) is 5.33. The Bertz CT molecular complexity index is 656. The SMILES string of the molecule is CCCC[C@H]1CC[C@H](c2ccc(-c3ccc(SC(F)F)cc3)cc2)CC1. The predicted molar refractivity (Wildman–Crippen MR) is 108 cm³/mol. The van der Waals surface area contributed by atoms with E-state index in [0.717, 1.165) is 17.0 Å². The van der Waals surface area contributed by atoms with E-state index in [9.17, 15) is 8.78 Å². The second-order valence-corrected chi connectivity index (χ2v) is 8.45. The minimum atomic E-state index is -2.36. The Kier molecular flexibility index (Phi) is 7.13. The molecular formula is C23H28F2S. The first kappa shape index (κ1) is 19.4. The highest BCUT2D eigenvalue weighted by Crippen LogP contribution is 2.38. The second-order valence-electron chi connectivity index (χ2n) is 7.38. The van der Waals surface area contributed by atoms with Crippen molar-refractivity contribution in [1.82, 2.24) is 0 Å². The van der Waals surface area contributed by atoms with Gasteiger partial charge in [0.2, 0.25) is 0 Å². The van der Waals surface area contributed by atoms with Gasteiger partial charge in [0, 0.05) is 4.90 Å². The molecule has 0 bridgehead atoms. The summed E-state index contributed by atoms with van der Waals surface area (Å²) >= 11 is 0.595. The number of halogens is 2. The zero-order valence-electron chi connectivity index (χ0n) is 15.5. The summed E-state index contributed by atoms with van der Waals surface area (Å²) in [5, 5.41) is 0. The molecule has 0 unspecified atom stereocenters. The van der Waals surface area contributed by atoms with E-state index in [0.29, 0.717) is 22.6 Å². The average molecular weight is 375 g/mol. The Labute approximate surface area is 160 Å². The van der Waals surface area contributed by atoms with E-state index in [-0.39, 0.29) is 0 Å². The smallest absolute Gasteiger partial charge is 0.198 e. The van der Waals surface area contributed by atoms with Crippen LogP contribution in [-0.4, -0.2) is 5.76 Å². The van der Waals surface area contributed by atoms with Crippen LogP contribution < -0.4 is 0 Å². The maximum absolute atomic E-state index is 12.4. The molecule has 26 heavy (non-hydrogen) atoms. The van der Waals surface area contributed by atoms with Gasteiger partial charge in [-0.25, -0.2) is 0 Å². The number of rotatable bonds is 7. The molecule has 0 spiro atoms. The summed E-state index contributed by atoms with van der Waals surface area (Å²) in [6.45, 7) is 2.28. The fourth-order valence-corrected chi connectivity index (χ4v) is 4.55. The molecule has 1 saturated carbocycles. The van der Waals surface area contributed by atoms with E-state index < -0.39 is 5.76 Å². The van der Waals surface area contributed by atoms with Gasteiger partial charge in [0.15, 0.2) is 0 Å². The number of hydrogen-bond donors (Lipinski definition) is 0. The summed E-state index contributed by atoms with van der Waals surface area (Å²) in [6, 6.07) is 16.3. The van der Waals surface area contributed by atoms with Crippen molar-refractivity contribution in [3.05, 3.63) is 54.1 Å². The summed E-state index contributed by atoms with van der Waals surface area (Å²) in [6.07, 6.45) is 9.45. The lowest BCUT2D eigenvalue weighted by atomic mass is 9.77. The van der Waals surface area contributed by atoms with Crippen molar-refractivity contribution in [3.8, 4) is 11.1 Å². The minimum absolute atomic E-state index is 0.595. The molecule has 0 aliphatic heterocycles. The van der Waals surface area contributed by atoms with Crippen LogP contribution >= 0.6 is 11.8 Å². The third-order valence-corrected chi connectivity index (χ3v) is 6.33. The highest BCUT2D eigenvalue weighted by Gasteiger charge is 2.21. The molecule has 1 fully saturated rings. The van der Waals surface area contributed by atoms with Gasteiger partial charge < -0.3 is 0 Å². The topological polar surface area (TPSA) is 0 Å². The molecule has 0 radical (unpaired) electrons. The number of benzene rings is 2. The van der Waals surface area contributed by atoms with Crippen molar-refractivity contribution in [2.24, 2.45) is 5.92 Å². The summed E-state index contributed by atoms with van der Waals surface area (Å²) in [5.74, 6) is -0.723. The van der Waals surface area contributed by atoms with E-state index in [2.05, 4.69) is 31.2 Å². The van der Waals surface area contributed by atoms with E-state index in [4.69, 9.17) is 0 Å². The number of alkyl halides is 2. The molecule has 3 heteroatoms. The van der Waals surface area contributed by atoms with Crippen LogP contribution in [0.1, 0.15) is 63.4 Å². The van der Waals surface area contributed by atoms with Crippen LogP contribution in [0.3, 0.4) is 0 Å². The molecule has 0 N–H and O–H groups in total. The first-order valence-corrected chi connectivity index (χ1v) is 10.7. The van der Waals surface area contributed by atoms with Gasteiger partial charge in [-0.15, -0.1) is 0 Å². The van der Waals surface area contributed by atoms with Gasteiger partial charge >= 0.3 is 0 Å². The van der Waals surface area contributed by atoms with Crippen molar-refractivity contribution >= 4 is 11.8 Å². The van der Waals surface area contributed by atoms with Crippen LogP contribution in [-0.2, 0) is 0 Å². The average Bonchev–Trinajstić information content (AvgIpc) is 2.67. The van der Waals surface area contributed by atoms with Crippen LogP contribution in [0.2, 0.25) is 0 Å². The van der Waals surface area contributed by atoms with Crippen LogP contribution in [0.5, 0.6) is 0 Å². The normalized spacial score (nSPS) is 20.5. The Morgan fingerprint density at radius 3 is 2.00 bits per heavy atom. The monoisotopic (exact) mass is 374 g/mol. The third-order valence-electron chi connectivity index (χ3n) is 5.61. The maximum atomic E-state index is 12.4. The molecular weight excluding hydrogens is 346 g/mol. The number of unbranched alkanes of at least 4 members (excludes halogenated alkanes) is 1. The quantitative estimate of drug-likeness (QED) is 0.441. The van der Waals surface area contributed by atoms with Gasteiger partial charge in [-0.05, 0) is 66.3 Å². The highest BCUT2D eigenvalue weighted by atomic mass is 32.2. The number of hydrogen-bond acceptors (Lipinski definition) is 1. The standard InChI is InChI=1S/C23H28F2S/c1-2-3-4-17-5-7-18(8-6-17)19-9-11-20(12-10-19)21-13-15-22(16-14-21)26-23(24)25/h9-18,23H,2-8H2,1H3/t17-,18-. The van der Waals surface area contributed by atoms with Crippen molar-refractivity contribution in [2.75, 3.05) is 0 Å². The van der Waals surface area contributed by atoms with Crippen molar-refractivity contribution < 1.29 is 8.78 Å². The molecule has 2 aromatic carbocycles. The molecule has 140 valence electrons. The molecule has 0 atom stereocenters. The summed E-state index contributed by atoms with van der Waals surface area (Å²) in [4.78, 5) is 0.611. The fourth-order valence-electron chi connectivity index (χ4n) is 4.05. The lowest BCUT2D eigenvalue weighted by molar-refractivity contribution is 0.252. The second kappa shape index (κ2) is 9.55. The van der Waals surface area contributed by atoms with E-state index in [1.165, 1.54) is 50.5 Å². The Morgan fingerprint density at radius 2 is 1.46 bits per heavy atom. The first-order chi connectivity index (χ1) is 12.7. The molecule has 3 rings (SSSR count). The Balaban J connectivity index is 1.58. The molecule has 0 amide bonds. The summed E-state index contributed by atoms with van der Waals surface area (Å²) in [7, 11) is 0. The van der Waals surface area contributed by atoms with Crippen molar-refractivity contribution in [3.63, 3.8) is 0 Å². The van der Waals surface area contributed by atoms with Gasteiger partial charge in [0.05, 0.1) is 0 Å². The molecule has 1 aliphatic carbocycles. The molecule has 0 saturated heterocycles. The zero-order chi connectivity index (χ0) is 18.4. The van der Waals surface area contributed by atoms with Crippen LogP contribution in [0, 0.1) is 5.92 Å². The maximum Gasteiger partial charge on any atom is 0.288 e. The Morgan fingerprint density at radius 1 is 0.885 bits per heavy atom. The number of thioether (sulfide) groups is 1. The lowest BCUT2D eigenvalue weighted by Gasteiger charge is -2.29. The Hall–Kier alpha value is -1.35. The summed E-state index contributed by atoms with van der Waals surface area (Å²) in [5.41, 5.74) is 3.69.